The van der Waals surface area contributed by atoms with Crippen molar-refractivity contribution >= 4 is 11.8 Å². The molecule has 38 heavy (non-hydrogen) atoms. The Morgan fingerprint density at radius 2 is 1.58 bits per heavy atom. The molecule has 2 aromatic carbocycles. The van der Waals surface area contributed by atoms with Crippen molar-refractivity contribution in [3.63, 3.8) is 0 Å². The molecule has 2 aromatic rings. The van der Waals surface area contributed by atoms with Crippen molar-refractivity contribution in [1.82, 2.24) is 5.32 Å². The standard InChI is InChI=1S/C30H35NO7/c1-7-12-38-30(33)26-17(2)31-22-13-19(18-8-10-21(34-3)11-9-18)14-23(32)28(22)27(26)20-15-24(35-4)29(37-6)25(16-20)36-5/h8-11,15-16,19,27,31H,7,12-14H2,1-6H3/t19-,27-/m1/s1. The van der Waals surface area contributed by atoms with E-state index >= 15 is 0 Å². The van der Waals surface area contributed by atoms with Crippen molar-refractivity contribution in [2.45, 2.75) is 44.9 Å². The lowest BCUT2D eigenvalue weighted by molar-refractivity contribution is -0.139. The van der Waals surface area contributed by atoms with Gasteiger partial charge in [-0.15, -0.1) is 0 Å². The maximum atomic E-state index is 13.9. The van der Waals surface area contributed by atoms with Gasteiger partial charge in [0.1, 0.15) is 5.75 Å². The molecule has 0 spiro atoms. The minimum atomic E-state index is -0.645. The second-order valence-corrected chi connectivity index (χ2v) is 9.39. The predicted molar refractivity (Wildman–Crippen MR) is 143 cm³/mol. The van der Waals surface area contributed by atoms with Gasteiger partial charge in [0, 0.05) is 29.3 Å². The molecule has 202 valence electrons. The van der Waals surface area contributed by atoms with Gasteiger partial charge in [-0.3, -0.25) is 4.79 Å². The fourth-order valence-electron chi connectivity index (χ4n) is 5.30. The van der Waals surface area contributed by atoms with E-state index in [1.54, 1.807) is 19.2 Å². The summed E-state index contributed by atoms with van der Waals surface area (Å²) in [6.45, 7) is 4.07. The van der Waals surface area contributed by atoms with Gasteiger partial charge in [-0.25, -0.2) is 4.79 Å². The Hall–Kier alpha value is -3.94. The maximum absolute atomic E-state index is 13.9. The van der Waals surface area contributed by atoms with Crippen LogP contribution in [0.1, 0.15) is 56.1 Å². The van der Waals surface area contributed by atoms with Crippen LogP contribution in [0.25, 0.3) is 0 Å². The van der Waals surface area contributed by atoms with Crippen LogP contribution in [-0.4, -0.2) is 46.8 Å². The zero-order chi connectivity index (χ0) is 27.4. The highest BCUT2D eigenvalue weighted by Crippen LogP contribution is 2.49. The molecule has 0 fully saturated rings. The molecular weight excluding hydrogens is 486 g/mol. The van der Waals surface area contributed by atoms with Gasteiger partial charge in [-0.05, 0) is 61.1 Å². The number of dihydropyridines is 1. The molecule has 8 heteroatoms. The zero-order valence-electron chi connectivity index (χ0n) is 22.8. The van der Waals surface area contributed by atoms with Gasteiger partial charge in [-0.1, -0.05) is 19.1 Å². The largest absolute Gasteiger partial charge is 0.497 e. The molecular formula is C30H35NO7. The van der Waals surface area contributed by atoms with E-state index in [4.69, 9.17) is 23.7 Å². The Kier molecular flexibility index (Phi) is 8.29. The van der Waals surface area contributed by atoms with Gasteiger partial charge < -0.3 is 29.0 Å². The zero-order valence-corrected chi connectivity index (χ0v) is 22.8. The highest BCUT2D eigenvalue weighted by Gasteiger charge is 2.42. The van der Waals surface area contributed by atoms with Crippen LogP contribution in [0, 0.1) is 0 Å². The van der Waals surface area contributed by atoms with Gasteiger partial charge in [0.15, 0.2) is 17.3 Å². The van der Waals surface area contributed by atoms with Gasteiger partial charge in [0.25, 0.3) is 0 Å². The number of methoxy groups -OCH3 is 4. The Bertz CT molecular complexity index is 1250. The number of benzene rings is 2. The Balaban J connectivity index is 1.84. The van der Waals surface area contributed by atoms with Crippen molar-refractivity contribution in [1.29, 1.82) is 0 Å². The third-order valence-electron chi connectivity index (χ3n) is 7.09. The SMILES string of the molecule is CCCOC(=O)C1=C(C)NC2=C(C(=O)C[C@H](c3ccc(OC)cc3)C2)[C@@H]1c1cc(OC)c(OC)c(OC)c1. The van der Waals surface area contributed by atoms with Gasteiger partial charge in [0.05, 0.1) is 40.6 Å². The molecule has 0 saturated heterocycles. The van der Waals surface area contributed by atoms with Crippen molar-refractivity contribution in [3.05, 3.63) is 70.1 Å². The van der Waals surface area contributed by atoms with E-state index < -0.39 is 11.9 Å². The number of carbonyl (C=O) groups excluding carboxylic acids is 2. The Morgan fingerprint density at radius 3 is 2.13 bits per heavy atom. The van der Waals surface area contributed by atoms with E-state index in [-0.39, 0.29) is 18.3 Å². The molecule has 0 radical (unpaired) electrons. The lowest BCUT2D eigenvalue weighted by atomic mass is 9.71. The van der Waals surface area contributed by atoms with Crippen LogP contribution in [0.3, 0.4) is 0 Å². The van der Waals surface area contributed by atoms with Crippen LogP contribution in [0.5, 0.6) is 23.0 Å². The van der Waals surface area contributed by atoms with Gasteiger partial charge >= 0.3 is 5.97 Å². The lowest BCUT2D eigenvalue weighted by Gasteiger charge is -2.37. The molecule has 0 amide bonds. The molecule has 8 nitrogen and oxygen atoms in total. The second kappa shape index (κ2) is 11.6. The number of hydrogen-bond acceptors (Lipinski definition) is 8. The monoisotopic (exact) mass is 521 g/mol. The first-order chi connectivity index (χ1) is 18.4. The average Bonchev–Trinajstić information content (AvgIpc) is 2.94. The summed E-state index contributed by atoms with van der Waals surface area (Å²) in [6, 6.07) is 11.4. The van der Waals surface area contributed by atoms with Crippen LogP contribution in [0.2, 0.25) is 0 Å². The Morgan fingerprint density at radius 1 is 0.921 bits per heavy atom. The summed E-state index contributed by atoms with van der Waals surface area (Å²) in [4.78, 5) is 27.2. The molecule has 0 bridgehead atoms. The molecule has 1 aliphatic carbocycles. The summed E-state index contributed by atoms with van der Waals surface area (Å²) in [7, 11) is 6.24. The highest BCUT2D eigenvalue weighted by atomic mass is 16.5. The maximum Gasteiger partial charge on any atom is 0.336 e. The highest BCUT2D eigenvalue weighted by molar-refractivity contribution is 6.04. The summed E-state index contributed by atoms with van der Waals surface area (Å²) in [5.74, 6) is 0.978. The normalized spacial score (nSPS) is 18.9. The summed E-state index contributed by atoms with van der Waals surface area (Å²) < 4.78 is 27.5. The number of nitrogens with one attached hydrogen (secondary N) is 1. The summed E-state index contributed by atoms with van der Waals surface area (Å²) in [5, 5.41) is 3.38. The van der Waals surface area contributed by atoms with Crippen molar-refractivity contribution in [3.8, 4) is 23.0 Å². The van der Waals surface area contributed by atoms with Gasteiger partial charge in [-0.2, -0.15) is 0 Å². The number of rotatable bonds is 9. The van der Waals surface area contributed by atoms with Crippen LogP contribution >= 0.6 is 0 Å². The number of ether oxygens (including phenoxy) is 5. The molecule has 0 saturated carbocycles. The minimum Gasteiger partial charge on any atom is -0.497 e. The average molecular weight is 522 g/mol. The van der Waals surface area contributed by atoms with E-state index in [1.165, 1.54) is 21.3 Å². The summed E-state index contributed by atoms with van der Waals surface area (Å²) in [6.07, 6.45) is 1.64. The van der Waals surface area contributed by atoms with Crippen molar-refractivity contribution in [2.75, 3.05) is 35.0 Å². The number of ketones is 1. The Labute approximate surface area is 223 Å². The molecule has 1 aliphatic heterocycles. The second-order valence-electron chi connectivity index (χ2n) is 9.39. The first-order valence-electron chi connectivity index (χ1n) is 12.7. The lowest BCUT2D eigenvalue weighted by Crippen LogP contribution is -2.36. The van der Waals surface area contributed by atoms with E-state index in [0.29, 0.717) is 58.9 Å². The molecule has 0 aromatic heterocycles. The third kappa shape index (κ3) is 5.08. The number of Topliss-reactive ketones (excluding diaryl/α,β-unsaturated/α-hetero) is 1. The van der Waals surface area contributed by atoms with Crippen LogP contribution in [0.15, 0.2) is 58.9 Å². The molecule has 1 heterocycles. The smallest absolute Gasteiger partial charge is 0.336 e. The first-order valence-corrected chi connectivity index (χ1v) is 12.7. The van der Waals surface area contributed by atoms with E-state index in [1.807, 2.05) is 38.1 Å². The van der Waals surface area contributed by atoms with Crippen LogP contribution in [0.4, 0.5) is 0 Å². The van der Waals surface area contributed by atoms with Gasteiger partial charge in [0.2, 0.25) is 5.75 Å². The molecule has 1 N–H and O–H groups in total. The van der Waals surface area contributed by atoms with E-state index in [0.717, 1.165) is 17.0 Å². The number of hydrogen-bond donors (Lipinski definition) is 1. The topological polar surface area (TPSA) is 92.3 Å². The molecule has 4 rings (SSSR count). The van der Waals surface area contributed by atoms with E-state index in [2.05, 4.69) is 5.32 Å². The predicted octanol–water partition coefficient (Wildman–Crippen LogP) is 5.04. The summed E-state index contributed by atoms with van der Waals surface area (Å²) in [5.41, 5.74) is 4.19. The van der Waals surface area contributed by atoms with Crippen molar-refractivity contribution < 1.29 is 33.3 Å². The first kappa shape index (κ1) is 27.1. The number of carbonyl (C=O) groups is 2. The quantitative estimate of drug-likeness (QED) is 0.459. The summed E-state index contributed by atoms with van der Waals surface area (Å²) >= 11 is 0. The molecule has 0 unspecified atom stereocenters. The molecule has 2 atom stereocenters. The third-order valence-corrected chi connectivity index (χ3v) is 7.09. The fourth-order valence-corrected chi connectivity index (χ4v) is 5.30. The fraction of sp³-hybridized carbons (Fsp3) is 0.400. The van der Waals surface area contributed by atoms with Crippen molar-refractivity contribution in [2.24, 2.45) is 0 Å². The van der Waals surface area contributed by atoms with E-state index in [9.17, 15) is 9.59 Å². The number of allylic oxidation sites excluding steroid dienone is 3. The van der Waals surface area contributed by atoms with Crippen LogP contribution < -0.4 is 24.3 Å². The van der Waals surface area contributed by atoms with Crippen LogP contribution in [-0.2, 0) is 14.3 Å². The molecule has 2 aliphatic rings. The minimum absolute atomic E-state index is 0.00152. The number of esters is 1.